The predicted octanol–water partition coefficient (Wildman–Crippen LogP) is 4.68. The minimum atomic E-state index is -0.661. The molecule has 0 aliphatic rings. The van der Waals surface area contributed by atoms with Crippen molar-refractivity contribution in [2.75, 3.05) is 0 Å². The van der Waals surface area contributed by atoms with E-state index in [2.05, 4.69) is 4.37 Å². The summed E-state index contributed by atoms with van der Waals surface area (Å²) < 4.78 is 36.9. The molecular weight excluding hydrogens is 268 g/mol. The van der Waals surface area contributed by atoms with Gasteiger partial charge in [0, 0.05) is 35.3 Å². The predicted molar refractivity (Wildman–Crippen MR) is 70.8 cm³/mol. The molecular formula is C14H9F2NOS. The average Bonchev–Trinajstić information content (AvgIpc) is 2.80. The van der Waals surface area contributed by atoms with Crippen molar-refractivity contribution in [1.29, 1.82) is 0 Å². The van der Waals surface area contributed by atoms with Gasteiger partial charge in [0.15, 0.2) is 0 Å². The average molecular weight is 277 g/mol. The van der Waals surface area contributed by atoms with Crippen molar-refractivity contribution in [2.24, 2.45) is 0 Å². The Hall–Kier alpha value is -2.01. The second-order valence-electron chi connectivity index (χ2n) is 4.13. The highest BCUT2D eigenvalue weighted by Crippen LogP contribution is 2.32. The number of fused-ring (bicyclic) bond motifs is 1. The van der Waals surface area contributed by atoms with Crippen molar-refractivity contribution in [1.82, 2.24) is 4.37 Å². The van der Waals surface area contributed by atoms with E-state index >= 15 is 0 Å². The summed E-state index contributed by atoms with van der Waals surface area (Å²) in [5, 5.41) is 0.986. The fourth-order valence-corrected chi connectivity index (χ4v) is 2.59. The summed E-state index contributed by atoms with van der Waals surface area (Å²) in [6.45, 7) is 1.89. The lowest BCUT2D eigenvalue weighted by molar-refractivity contribution is 0.466. The van der Waals surface area contributed by atoms with Crippen molar-refractivity contribution in [3.05, 3.63) is 53.7 Å². The van der Waals surface area contributed by atoms with Crippen LogP contribution in [-0.4, -0.2) is 4.37 Å². The normalized spacial score (nSPS) is 10.9. The topological polar surface area (TPSA) is 22.1 Å². The lowest BCUT2D eigenvalue weighted by Gasteiger charge is -2.09. The van der Waals surface area contributed by atoms with Crippen LogP contribution >= 0.6 is 11.5 Å². The Balaban J connectivity index is 2.02. The molecule has 1 heterocycles. The Morgan fingerprint density at radius 2 is 1.84 bits per heavy atom. The van der Waals surface area contributed by atoms with Gasteiger partial charge in [-0.1, -0.05) is 0 Å². The molecule has 19 heavy (non-hydrogen) atoms. The maximum atomic E-state index is 13.1. The number of halogens is 2. The second kappa shape index (κ2) is 4.59. The zero-order valence-corrected chi connectivity index (χ0v) is 10.8. The number of rotatable bonds is 2. The largest absolute Gasteiger partial charge is 0.457 e. The first-order valence-corrected chi connectivity index (χ1v) is 6.39. The highest BCUT2D eigenvalue weighted by molar-refractivity contribution is 7.13. The Morgan fingerprint density at radius 1 is 1.11 bits per heavy atom. The maximum absolute atomic E-state index is 13.1. The van der Waals surface area contributed by atoms with Gasteiger partial charge in [0.1, 0.15) is 23.1 Å². The molecule has 1 aromatic heterocycles. The molecule has 3 rings (SSSR count). The van der Waals surface area contributed by atoms with Gasteiger partial charge in [-0.15, -0.1) is 0 Å². The van der Waals surface area contributed by atoms with Crippen LogP contribution in [0.1, 0.15) is 5.56 Å². The van der Waals surface area contributed by atoms with Crippen LogP contribution < -0.4 is 4.74 Å². The minimum absolute atomic E-state index is 0.142. The van der Waals surface area contributed by atoms with Crippen LogP contribution in [0, 0.1) is 18.6 Å². The minimum Gasteiger partial charge on any atom is -0.457 e. The second-order valence-corrected chi connectivity index (χ2v) is 4.97. The van der Waals surface area contributed by atoms with E-state index in [1.54, 1.807) is 12.3 Å². The van der Waals surface area contributed by atoms with E-state index in [1.165, 1.54) is 11.5 Å². The van der Waals surface area contributed by atoms with Crippen LogP contribution in [0.2, 0.25) is 0 Å². The van der Waals surface area contributed by atoms with Crippen molar-refractivity contribution in [2.45, 2.75) is 6.92 Å². The third kappa shape index (κ3) is 2.29. The molecule has 5 heteroatoms. The zero-order chi connectivity index (χ0) is 13.4. The molecule has 96 valence electrons. The van der Waals surface area contributed by atoms with Crippen LogP contribution in [0.25, 0.3) is 10.1 Å². The lowest BCUT2D eigenvalue weighted by atomic mass is 10.1. The third-order valence-electron chi connectivity index (χ3n) is 2.82. The molecule has 0 spiro atoms. The van der Waals surface area contributed by atoms with Gasteiger partial charge in [0.25, 0.3) is 0 Å². The fraction of sp³-hybridized carbons (Fsp3) is 0.0714. The summed E-state index contributed by atoms with van der Waals surface area (Å²) in [5.74, 6) is -0.613. The van der Waals surface area contributed by atoms with Gasteiger partial charge in [-0.2, -0.15) is 4.37 Å². The zero-order valence-electron chi connectivity index (χ0n) is 9.98. The van der Waals surface area contributed by atoms with E-state index in [0.29, 0.717) is 5.75 Å². The molecule has 0 unspecified atom stereocenters. The Kier molecular flexibility index (Phi) is 2.91. The first-order valence-electron chi connectivity index (χ1n) is 5.61. The number of hydrogen-bond acceptors (Lipinski definition) is 3. The van der Waals surface area contributed by atoms with Crippen LogP contribution in [0.5, 0.6) is 11.5 Å². The van der Waals surface area contributed by atoms with Crippen molar-refractivity contribution in [3.8, 4) is 11.5 Å². The molecule has 2 aromatic carbocycles. The van der Waals surface area contributed by atoms with Gasteiger partial charge in [0.2, 0.25) is 0 Å². The molecule has 0 saturated heterocycles. The summed E-state index contributed by atoms with van der Waals surface area (Å²) in [6.07, 6.45) is 1.76. The molecule has 3 aromatic rings. The van der Waals surface area contributed by atoms with Gasteiger partial charge in [-0.25, -0.2) is 8.78 Å². The van der Waals surface area contributed by atoms with Gasteiger partial charge < -0.3 is 4.74 Å². The molecule has 0 N–H and O–H groups in total. The number of aromatic nitrogens is 1. The Morgan fingerprint density at radius 3 is 2.58 bits per heavy atom. The van der Waals surface area contributed by atoms with E-state index in [4.69, 9.17) is 4.74 Å². The van der Waals surface area contributed by atoms with Gasteiger partial charge in [0.05, 0.1) is 4.70 Å². The quantitative estimate of drug-likeness (QED) is 0.678. The number of hydrogen-bond donors (Lipinski definition) is 0. The van der Waals surface area contributed by atoms with Crippen molar-refractivity contribution in [3.63, 3.8) is 0 Å². The Labute approximate surface area is 112 Å². The van der Waals surface area contributed by atoms with E-state index in [9.17, 15) is 8.78 Å². The summed E-state index contributed by atoms with van der Waals surface area (Å²) in [5.41, 5.74) is 0.899. The van der Waals surface area contributed by atoms with Crippen molar-refractivity contribution < 1.29 is 13.5 Å². The molecule has 0 atom stereocenters. The maximum Gasteiger partial charge on any atom is 0.133 e. The molecule has 0 fully saturated rings. The first kappa shape index (κ1) is 12.0. The lowest BCUT2D eigenvalue weighted by Crippen LogP contribution is -1.90. The fourth-order valence-electron chi connectivity index (χ4n) is 1.88. The van der Waals surface area contributed by atoms with Crippen LogP contribution in [0.3, 0.4) is 0 Å². The van der Waals surface area contributed by atoms with E-state index in [-0.39, 0.29) is 5.75 Å². The standard InChI is InChI=1S/C14H9F2NOS/c1-8-12-7-17-19-14(12)3-2-13(8)18-11-5-9(15)4-10(16)6-11/h2-7H,1H3. The van der Waals surface area contributed by atoms with Gasteiger partial charge >= 0.3 is 0 Å². The molecule has 0 bridgehead atoms. The van der Waals surface area contributed by atoms with Gasteiger partial charge in [-0.05, 0) is 30.6 Å². The molecule has 0 amide bonds. The first-order chi connectivity index (χ1) is 9.13. The molecule has 2 nitrogen and oxygen atoms in total. The number of aryl methyl sites for hydroxylation is 1. The summed E-state index contributed by atoms with van der Waals surface area (Å²) in [4.78, 5) is 0. The molecule has 0 aliphatic heterocycles. The molecule has 0 radical (unpaired) electrons. The highest BCUT2D eigenvalue weighted by atomic mass is 32.1. The van der Waals surface area contributed by atoms with Crippen LogP contribution in [-0.2, 0) is 0 Å². The van der Waals surface area contributed by atoms with Gasteiger partial charge in [-0.3, -0.25) is 0 Å². The molecule has 0 aliphatic carbocycles. The Bertz CT molecular complexity index is 734. The number of benzene rings is 2. The van der Waals surface area contributed by atoms with Crippen LogP contribution in [0.15, 0.2) is 36.5 Å². The summed E-state index contributed by atoms with van der Waals surface area (Å²) in [6, 6.07) is 6.77. The van der Waals surface area contributed by atoms with E-state index in [0.717, 1.165) is 33.8 Å². The monoisotopic (exact) mass is 277 g/mol. The molecule has 0 saturated carbocycles. The summed E-state index contributed by atoms with van der Waals surface area (Å²) >= 11 is 1.40. The van der Waals surface area contributed by atoms with E-state index in [1.807, 2.05) is 13.0 Å². The van der Waals surface area contributed by atoms with E-state index < -0.39 is 11.6 Å². The SMILES string of the molecule is Cc1c(Oc2cc(F)cc(F)c2)ccc2sncc12. The van der Waals surface area contributed by atoms with Crippen molar-refractivity contribution >= 4 is 21.6 Å². The number of ether oxygens (including phenoxy) is 1. The summed E-state index contributed by atoms with van der Waals surface area (Å²) in [7, 11) is 0. The highest BCUT2D eigenvalue weighted by Gasteiger charge is 2.09. The van der Waals surface area contributed by atoms with Crippen LogP contribution in [0.4, 0.5) is 8.78 Å². The number of nitrogens with zero attached hydrogens (tertiary/aromatic N) is 1. The smallest absolute Gasteiger partial charge is 0.133 e. The third-order valence-corrected chi connectivity index (χ3v) is 3.59.